The van der Waals surface area contributed by atoms with Crippen molar-refractivity contribution in [3.63, 3.8) is 0 Å². The Balaban J connectivity index is 1.33. The summed E-state index contributed by atoms with van der Waals surface area (Å²) < 4.78 is 11.4. The minimum absolute atomic E-state index is 0.0218. The standard InChI is InChI=1S/C36H24O4/c1-39-25-15-23-24(16-26(25)40-2)30-22-14-8-7-13-21(22)29(23)33-34(30)36(38)32-28-19-11-5-3-9-17(19)27(31(32)35(33)37)18-10-4-6-12-20(18)28/h3-16,27-30H,1-2H3/t27?,28?,29-,30?/m0/s1. The second-order valence-electron chi connectivity index (χ2n) is 11.3. The fourth-order valence-electron chi connectivity index (χ4n) is 8.36. The minimum atomic E-state index is -0.331. The van der Waals surface area contributed by atoms with Gasteiger partial charge in [0.2, 0.25) is 0 Å². The van der Waals surface area contributed by atoms with Crippen molar-refractivity contribution in [2.24, 2.45) is 0 Å². The molecule has 0 heterocycles. The number of allylic oxidation sites excluding steroid dienone is 4. The average Bonchev–Trinajstić information content (AvgIpc) is 3.02. The van der Waals surface area contributed by atoms with Crippen LogP contribution >= 0.6 is 0 Å². The van der Waals surface area contributed by atoms with Gasteiger partial charge in [0.1, 0.15) is 0 Å². The summed E-state index contributed by atoms with van der Waals surface area (Å²) in [5.41, 5.74) is 11.5. The number of ether oxygens (including phenoxy) is 2. The molecule has 0 aromatic heterocycles. The van der Waals surface area contributed by atoms with Gasteiger partial charge in [0.25, 0.3) is 0 Å². The lowest BCUT2D eigenvalue weighted by atomic mass is 9.51. The molecule has 192 valence electrons. The van der Waals surface area contributed by atoms with E-state index in [1.807, 2.05) is 48.5 Å². The van der Waals surface area contributed by atoms with E-state index in [2.05, 4.69) is 36.4 Å². The van der Waals surface area contributed by atoms with Gasteiger partial charge >= 0.3 is 0 Å². The van der Waals surface area contributed by atoms with Crippen LogP contribution in [-0.4, -0.2) is 25.8 Å². The summed E-state index contributed by atoms with van der Waals surface area (Å²) in [5.74, 6) is 0.161. The molecule has 0 radical (unpaired) electrons. The molecular weight excluding hydrogens is 496 g/mol. The van der Waals surface area contributed by atoms with Crippen LogP contribution in [0, 0.1) is 0 Å². The van der Waals surface area contributed by atoms with Gasteiger partial charge in [-0.15, -0.1) is 0 Å². The highest BCUT2D eigenvalue weighted by Gasteiger charge is 2.56. The number of benzene rings is 4. The molecule has 0 saturated heterocycles. The largest absolute Gasteiger partial charge is 0.493 e. The molecule has 0 amide bonds. The van der Waals surface area contributed by atoms with E-state index in [-0.39, 0.29) is 35.2 Å². The number of ketones is 2. The molecule has 4 heteroatoms. The van der Waals surface area contributed by atoms with Crippen molar-refractivity contribution < 1.29 is 19.1 Å². The van der Waals surface area contributed by atoms with Crippen molar-refractivity contribution >= 4 is 11.6 Å². The molecule has 0 fully saturated rings. The molecule has 0 aliphatic heterocycles. The van der Waals surface area contributed by atoms with Gasteiger partial charge in [-0.05, 0) is 56.6 Å². The van der Waals surface area contributed by atoms with Crippen LogP contribution in [0.25, 0.3) is 0 Å². The van der Waals surface area contributed by atoms with E-state index in [0.29, 0.717) is 33.8 Å². The Morgan fingerprint density at radius 2 is 0.675 bits per heavy atom. The molecule has 4 bridgehead atoms. The number of Topliss-reactive ketones (excluding diaryl/α,β-unsaturated/α-hetero) is 2. The summed E-state index contributed by atoms with van der Waals surface area (Å²) >= 11 is 0. The molecule has 7 aliphatic rings. The molecule has 40 heavy (non-hydrogen) atoms. The monoisotopic (exact) mass is 520 g/mol. The average molecular weight is 521 g/mol. The molecule has 1 unspecified atom stereocenters. The zero-order valence-electron chi connectivity index (χ0n) is 22.0. The molecule has 4 nitrogen and oxygen atoms in total. The summed E-state index contributed by atoms with van der Waals surface area (Å²) in [5, 5.41) is 0. The lowest BCUT2D eigenvalue weighted by Gasteiger charge is -2.49. The van der Waals surface area contributed by atoms with Crippen molar-refractivity contribution in [3.8, 4) is 11.5 Å². The maximum absolute atomic E-state index is 14.9. The molecule has 11 rings (SSSR count). The van der Waals surface area contributed by atoms with Crippen molar-refractivity contribution in [1.29, 1.82) is 0 Å². The SMILES string of the molecule is COc1cc2c(cc1OC)[C@H]1C3=C(C(=O)C4=C(C3=O)C3c5ccccc5C4c4ccccc43)C2c2ccccc21. The lowest BCUT2D eigenvalue weighted by Crippen LogP contribution is -2.43. The van der Waals surface area contributed by atoms with Crippen LogP contribution in [0.4, 0.5) is 0 Å². The smallest absolute Gasteiger partial charge is 0.187 e. The van der Waals surface area contributed by atoms with E-state index >= 15 is 0 Å². The maximum atomic E-state index is 14.9. The van der Waals surface area contributed by atoms with Crippen LogP contribution < -0.4 is 9.47 Å². The fraction of sp³-hybridized carbons (Fsp3) is 0.167. The van der Waals surface area contributed by atoms with Gasteiger partial charge in [-0.1, -0.05) is 72.8 Å². The van der Waals surface area contributed by atoms with E-state index in [1.54, 1.807) is 14.2 Å². The molecule has 0 N–H and O–H groups in total. The molecular formula is C36H24O4. The Morgan fingerprint density at radius 1 is 0.425 bits per heavy atom. The summed E-state index contributed by atoms with van der Waals surface area (Å²) in [6.07, 6.45) is 0. The predicted molar refractivity (Wildman–Crippen MR) is 150 cm³/mol. The summed E-state index contributed by atoms with van der Waals surface area (Å²) in [4.78, 5) is 29.8. The Bertz CT molecular complexity index is 1760. The Kier molecular flexibility index (Phi) is 4.14. The van der Waals surface area contributed by atoms with Crippen molar-refractivity contribution in [2.45, 2.75) is 23.7 Å². The van der Waals surface area contributed by atoms with Gasteiger partial charge in [0, 0.05) is 46.0 Å². The highest BCUT2D eigenvalue weighted by Crippen LogP contribution is 2.64. The highest BCUT2D eigenvalue weighted by atomic mass is 16.5. The lowest BCUT2D eigenvalue weighted by molar-refractivity contribution is -0.117. The first-order chi connectivity index (χ1) is 19.6. The maximum Gasteiger partial charge on any atom is 0.187 e. The van der Waals surface area contributed by atoms with Crippen molar-refractivity contribution in [2.75, 3.05) is 14.2 Å². The van der Waals surface area contributed by atoms with Crippen LogP contribution in [0.1, 0.15) is 68.2 Å². The number of carbonyl (C=O) groups excluding carboxylic acids is 2. The number of methoxy groups -OCH3 is 2. The first-order valence-corrected chi connectivity index (χ1v) is 13.7. The Morgan fingerprint density at radius 3 is 0.925 bits per heavy atom. The van der Waals surface area contributed by atoms with Gasteiger partial charge in [-0.3, -0.25) is 9.59 Å². The predicted octanol–water partition coefficient (Wildman–Crippen LogP) is 6.33. The van der Waals surface area contributed by atoms with Gasteiger partial charge in [0.15, 0.2) is 23.1 Å². The van der Waals surface area contributed by atoms with Gasteiger partial charge in [-0.2, -0.15) is 0 Å². The van der Waals surface area contributed by atoms with Crippen LogP contribution in [0.3, 0.4) is 0 Å². The number of rotatable bonds is 2. The summed E-state index contributed by atoms with van der Waals surface area (Å²) in [6, 6.07) is 28.9. The highest BCUT2D eigenvalue weighted by molar-refractivity contribution is 6.30. The molecule has 0 saturated carbocycles. The first kappa shape index (κ1) is 22.2. The van der Waals surface area contributed by atoms with Gasteiger partial charge in [-0.25, -0.2) is 0 Å². The second kappa shape index (κ2) is 7.48. The summed E-state index contributed by atoms with van der Waals surface area (Å²) in [6.45, 7) is 0. The van der Waals surface area contributed by atoms with Crippen LogP contribution in [0.5, 0.6) is 11.5 Å². The molecule has 4 aromatic carbocycles. The molecule has 7 aliphatic carbocycles. The third-order valence-corrected chi connectivity index (χ3v) is 9.78. The number of hydrogen-bond acceptors (Lipinski definition) is 4. The first-order valence-electron chi connectivity index (χ1n) is 13.7. The van der Waals surface area contributed by atoms with E-state index < -0.39 is 0 Å². The zero-order valence-corrected chi connectivity index (χ0v) is 22.0. The van der Waals surface area contributed by atoms with Gasteiger partial charge in [0.05, 0.1) is 14.2 Å². The molecule has 0 spiro atoms. The molecule has 4 aromatic rings. The Hall–Kier alpha value is -4.70. The quantitative estimate of drug-likeness (QED) is 0.290. The van der Waals surface area contributed by atoms with Gasteiger partial charge < -0.3 is 9.47 Å². The van der Waals surface area contributed by atoms with Crippen LogP contribution in [0.15, 0.2) is 107 Å². The third kappa shape index (κ3) is 2.40. The fourth-order valence-corrected chi connectivity index (χ4v) is 8.36. The topological polar surface area (TPSA) is 52.6 Å². The van der Waals surface area contributed by atoms with Crippen LogP contribution in [0.2, 0.25) is 0 Å². The third-order valence-electron chi connectivity index (χ3n) is 9.78. The number of hydrogen-bond donors (Lipinski definition) is 0. The van der Waals surface area contributed by atoms with Crippen molar-refractivity contribution in [1.82, 2.24) is 0 Å². The van der Waals surface area contributed by atoms with E-state index in [4.69, 9.17) is 9.47 Å². The second-order valence-corrected chi connectivity index (χ2v) is 11.3. The summed E-state index contributed by atoms with van der Waals surface area (Å²) in [7, 11) is 3.26. The minimum Gasteiger partial charge on any atom is -0.493 e. The van der Waals surface area contributed by atoms with Crippen molar-refractivity contribution in [3.05, 3.63) is 152 Å². The zero-order chi connectivity index (χ0) is 26.9. The van der Waals surface area contributed by atoms with E-state index in [0.717, 1.165) is 44.5 Å². The number of carbonyl (C=O) groups is 2. The van der Waals surface area contributed by atoms with E-state index in [9.17, 15) is 9.59 Å². The molecule has 2 atom stereocenters. The van der Waals surface area contributed by atoms with E-state index in [1.165, 1.54) is 0 Å². The Labute approximate surface area is 231 Å². The normalized spacial score (nSPS) is 24.1. The van der Waals surface area contributed by atoms with Crippen LogP contribution in [-0.2, 0) is 9.59 Å².